The van der Waals surface area contributed by atoms with E-state index in [1.807, 2.05) is 18.5 Å². The third-order valence-corrected chi connectivity index (χ3v) is 7.84. The second kappa shape index (κ2) is 10.9. The fraction of sp³-hybridized carbons (Fsp3) is 0.452. The Labute approximate surface area is 220 Å². The first-order chi connectivity index (χ1) is 17.5. The van der Waals surface area contributed by atoms with E-state index in [0.29, 0.717) is 18.6 Å². The summed E-state index contributed by atoms with van der Waals surface area (Å²) in [5.41, 5.74) is 6.71. The number of pyridine rings is 1. The van der Waals surface area contributed by atoms with Crippen LogP contribution in [0.2, 0.25) is 5.02 Å². The first-order valence-electron chi connectivity index (χ1n) is 13.3. The highest BCUT2D eigenvalue weighted by molar-refractivity contribution is 6.31. The molecule has 0 amide bonds. The fourth-order valence-electron chi connectivity index (χ4n) is 5.02. The average Bonchev–Trinajstić information content (AvgIpc) is 3.82. The quantitative estimate of drug-likeness (QED) is 0.258. The first-order valence-corrected chi connectivity index (χ1v) is 13.7. The van der Waals surface area contributed by atoms with Crippen LogP contribution < -0.4 is 10.1 Å². The predicted molar refractivity (Wildman–Crippen MR) is 147 cm³/mol. The summed E-state index contributed by atoms with van der Waals surface area (Å²) >= 11 is 6.78. The van der Waals surface area contributed by atoms with Crippen LogP contribution in [0, 0.1) is 6.92 Å². The molecule has 0 spiro atoms. The van der Waals surface area contributed by atoms with E-state index in [0.717, 1.165) is 78.2 Å². The van der Waals surface area contributed by atoms with Crippen molar-refractivity contribution in [1.82, 2.24) is 10.3 Å². The molecule has 1 atom stereocenters. The van der Waals surface area contributed by atoms with Crippen LogP contribution in [0.25, 0.3) is 11.1 Å². The summed E-state index contributed by atoms with van der Waals surface area (Å²) in [6.45, 7) is 9.11. The lowest BCUT2D eigenvalue weighted by Crippen LogP contribution is -2.16. The maximum absolute atomic E-state index is 6.78. The van der Waals surface area contributed by atoms with E-state index in [4.69, 9.17) is 21.1 Å². The Morgan fingerprint density at radius 1 is 1.14 bits per heavy atom. The Morgan fingerprint density at radius 3 is 2.69 bits per heavy atom. The summed E-state index contributed by atoms with van der Waals surface area (Å²) in [5.74, 6) is 1.41. The average molecular weight is 505 g/mol. The molecule has 5 heteroatoms. The molecule has 36 heavy (non-hydrogen) atoms. The van der Waals surface area contributed by atoms with E-state index in [1.54, 1.807) is 0 Å². The summed E-state index contributed by atoms with van der Waals surface area (Å²) in [6, 6.07) is 14.8. The third kappa shape index (κ3) is 5.61. The van der Waals surface area contributed by atoms with Crippen molar-refractivity contribution in [3.63, 3.8) is 0 Å². The lowest BCUT2D eigenvalue weighted by atomic mass is 9.92. The smallest absolute Gasteiger partial charge is 0.127 e. The van der Waals surface area contributed by atoms with Crippen molar-refractivity contribution in [3.8, 4) is 16.9 Å². The van der Waals surface area contributed by atoms with Crippen LogP contribution in [0.15, 0.2) is 54.9 Å². The van der Waals surface area contributed by atoms with Gasteiger partial charge in [-0.2, -0.15) is 0 Å². The van der Waals surface area contributed by atoms with Crippen LogP contribution in [0.3, 0.4) is 0 Å². The number of nitrogens with zero attached hydrogens (tertiary/aromatic N) is 1. The Kier molecular flexibility index (Phi) is 7.66. The first kappa shape index (κ1) is 25.3. The second-order valence-electron chi connectivity index (χ2n) is 10.4. The van der Waals surface area contributed by atoms with Crippen molar-refractivity contribution in [1.29, 1.82) is 0 Å². The fourth-order valence-corrected chi connectivity index (χ4v) is 5.25. The van der Waals surface area contributed by atoms with Crippen LogP contribution >= 0.6 is 11.6 Å². The molecule has 4 nitrogen and oxygen atoms in total. The number of hydrogen-bond donors (Lipinski definition) is 1. The Balaban J connectivity index is 1.35. The second-order valence-corrected chi connectivity index (χ2v) is 10.8. The van der Waals surface area contributed by atoms with Gasteiger partial charge in [0.1, 0.15) is 5.75 Å². The lowest BCUT2D eigenvalue weighted by molar-refractivity contribution is 0.0173. The SMILES string of the molecule is CCNCCC(C)c1cc(Cl)c(COC2(c3cnccc3-c3ccccc3OC3CC3)CC2)cc1C. The van der Waals surface area contributed by atoms with E-state index in [2.05, 4.69) is 67.5 Å². The van der Waals surface area contributed by atoms with Crippen molar-refractivity contribution >= 4 is 11.6 Å². The minimum Gasteiger partial charge on any atom is -0.490 e. The molecular formula is C31H37ClN2O2. The molecule has 1 aromatic heterocycles. The largest absolute Gasteiger partial charge is 0.490 e. The molecule has 5 rings (SSSR count). The van der Waals surface area contributed by atoms with Crippen molar-refractivity contribution in [3.05, 3.63) is 82.1 Å². The van der Waals surface area contributed by atoms with Gasteiger partial charge in [-0.1, -0.05) is 49.7 Å². The Hall–Kier alpha value is -2.40. The number of ether oxygens (including phenoxy) is 2. The van der Waals surface area contributed by atoms with Gasteiger partial charge in [0.25, 0.3) is 0 Å². The maximum atomic E-state index is 6.78. The van der Waals surface area contributed by atoms with Crippen LogP contribution in [0.4, 0.5) is 0 Å². The number of halogens is 1. The molecule has 190 valence electrons. The molecule has 2 aromatic carbocycles. The number of benzene rings is 2. The molecule has 0 radical (unpaired) electrons. The van der Waals surface area contributed by atoms with Gasteiger partial charge in [-0.25, -0.2) is 0 Å². The zero-order valence-electron chi connectivity index (χ0n) is 21.6. The van der Waals surface area contributed by atoms with Gasteiger partial charge in [0.2, 0.25) is 0 Å². The number of para-hydroxylation sites is 1. The molecule has 1 heterocycles. The van der Waals surface area contributed by atoms with Gasteiger partial charge in [-0.15, -0.1) is 0 Å². The van der Waals surface area contributed by atoms with E-state index < -0.39 is 0 Å². The summed E-state index contributed by atoms with van der Waals surface area (Å²) in [6.07, 6.45) is 9.51. The van der Waals surface area contributed by atoms with Crippen LogP contribution in [-0.4, -0.2) is 24.2 Å². The topological polar surface area (TPSA) is 43.4 Å². The highest BCUT2D eigenvalue weighted by Crippen LogP contribution is 2.53. The number of aryl methyl sites for hydroxylation is 1. The molecular weight excluding hydrogens is 468 g/mol. The summed E-state index contributed by atoms with van der Waals surface area (Å²) in [5, 5.41) is 4.21. The minimum absolute atomic E-state index is 0.328. The van der Waals surface area contributed by atoms with Crippen molar-refractivity contribution in [2.75, 3.05) is 13.1 Å². The molecule has 0 saturated heterocycles. The highest BCUT2D eigenvalue weighted by Gasteiger charge is 2.47. The number of aromatic nitrogens is 1. The van der Waals surface area contributed by atoms with E-state index in [-0.39, 0.29) is 5.60 Å². The van der Waals surface area contributed by atoms with Crippen molar-refractivity contribution in [2.24, 2.45) is 0 Å². The summed E-state index contributed by atoms with van der Waals surface area (Å²) < 4.78 is 12.9. The Morgan fingerprint density at radius 2 is 1.94 bits per heavy atom. The van der Waals surface area contributed by atoms with E-state index >= 15 is 0 Å². The molecule has 0 aliphatic heterocycles. The van der Waals surface area contributed by atoms with Crippen LogP contribution in [0.1, 0.15) is 74.1 Å². The molecule has 2 aliphatic carbocycles. The van der Waals surface area contributed by atoms with Gasteiger partial charge in [-0.3, -0.25) is 4.98 Å². The molecule has 2 saturated carbocycles. The van der Waals surface area contributed by atoms with Gasteiger partial charge in [0, 0.05) is 28.5 Å². The number of hydrogen-bond acceptors (Lipinski definition) is 4. The molecule has 1 N–H and O–H groups in total. The number of rotatable bonds is 12. The molecule has 0 bridgehead atoms. The van der Waals surface area contributed by atoms with Crippen molar-refractivity contribution in [2.45, 2.75) is 77.1 Å². The monoisotopic (exact) mass is 504 g/mol. The van der Waals surface area contributed by atoms with Gasteiger partial charge in [-0.05, 0) is 98.5 Å². The van der Waals surface area contributed by atoms with Crippen LogP contribution in [-0.2, 0) is 16.9 Å². The number of nitrogens with one attached hydrogen (secondary N) is 1. The highest BCUT2D eigenvalue weighted by atomic mass is 35.5. The summed E-state index contributed by atoms with van der Waals surface area (Å²) in [7, 11) is 0. The van der Waals surface area contributed by atoms with Gasteiger partial charge < -0.3 is 14.8 Å². The third-order valence-electron chi connectivity index (χ3n) is 7.49. The van der Waals surface area contributed by atoms with Crippen LogP contribution in [0.5, 0.6) is 5.75 Å². The van der Waals surface area contributed by atoms with Gasteiger partial charge in [0.05, 0.1) is 18.3 Å². The van der Waals surface area contributed by atoms with Gasteiger partial charge in [0.15, 0.2) is 0 Å². The molecule has 2 aliphatic rings. The standard InChI is InChI=1S/C31H37ClN2O2/c1-4-33-15-11-21(2)27-18-29(32)23(17-22(27)3)20-35-31(13-14-31)28-19-34-16-12-25(28)26-7-5-6-8-30(26)36-24-9-10-24/h5-8,12,16-19,21,24,33H,4,9-11,13-15,20H2,1-3H3. The molecule has 3 aromatic rings. The summed E-state index contributed by atoms with van der Waals surface area (Å²) in [4.78, 5) is 4.48. The zero-order valence-corrected chi connectivity index (χ0v) is 22.4. The maximum Gasteiger partial charge on any atom is 0.127 e. The molecule has 1 unspecified atom stereocenters. The lowest BCUT2D eigenvalue weighted by Gasteiger charge is -2.23. The van der Waals surface area contributed by atoms with Gasteiger partial charge >= 0.3 is 0 Å². The normalized spacial score (nSPS) is 17.1. The zero-order chi connectivity index (χ0) is 25.1. The minimum atomic E-state index is -0.328. The Bertz CT molecular complexity index is 1200. The predicted octanol–water partition coefficient (Wildman–Crippen LogP) is 7.56. The van der Waals surface area contributed by atoms with E-state index in [1.165, 1.54) is 11.1 Å². The van der Waals surface area contributed by atoms with E-state index in [9.17, 15) is 0 Å². The molecule has 2 fully saturated rings. The van der Waals surface area contributed by atoms with Crippen molar-refractivity contribution < 1.29 is 9.47 Å².